The van der Waals surface area contributed by atoms with Crippen LogP contribution in [0.1, 0.15) is 17.0 Å². The number of aromatic nitrogens is 4. The summed E-state index contributed by atoms with van der Waals surface area (Å²) >= 11 is 2.89. The minimum Gasteiger partial charge on any atom is -0.420 e. The maximum absolute atomic E-state index is 10.7. The number of nitro groups is 1. The Morgan fingerprint density at radius 2 is 1.90 bits per heavy atom. The highest BCUT2D eigenvalue weighted by molar-refractivity contribution is 8.00. The quantitative estimate of drug-likeness (QED) is 0.236. The second-order valence-electron chi connectivity index (χ2n) is 6.34. The summed E-state index contributed by atoms with van der Waals surface area (Å²) in [6.07, 6.45) is 0. The third-order valence-corrected chi connectivity index (χ3v) is 6.32. The monoisotopic (exact) mass is 440 g/mol. The number of aryl methyl sites for hydroxylation is 1. The van der Waals surface area contributed by atoms with Crippen LogP contribution in [-0.2, 0) is 5.75 Å². The highest BCUT2D eigenvalue weighted by Gasteiger charge is 2.13. The molecule has 0 saturated carbocycles. The van der Waals surface area contributed by atoms with E-state index in [2.05, 4.69) is 45.6 Å². The lowest BCUT2D eigenvalue weighted by Gasteiger charge is -2.08. The smallest absolute Gasteiger partial charge is 0.269 e. The van der Waals surface area contributed by atoms with Gasteiger partial charge in [-0.05, 0) is 43.2 Å². The Morgan fingerprint density at radius 1 is 1.10 bits per heavy atom. The summed E-state index contributed by atoms with van der Waals surface area (Å²) in [7, 11) is 0. The van der Waals surface area contributed by atoms with Gasteiger partial charge in [-0.1, -0.05) is 35.2 Å². The summed E-state index contributed by atoms with van der Waals surface area (Å²) in [6, 6.07) is 12.0. The molecule has 2 aromatic heterocycles. The summed E-state index contributed by atoms with van der Waals surface area (Å²) in [5.74, 6) is 1.19. The first kappa shape index (κ1) is 20.0. The first-order valence-corrected chi connectivity index (χ1v) is 10.7. The maximum atomic E-state index is 10.7. The highest BCUT2D eigenvalue weighted by Crippen LogP contribution is 2.31. The number of hydrogen-bond donors (Lipinski definition) is 1. The van der Waals surface area contributed by atoms with Crippen molar-refractivity contribution in [3.63, 3.8) is 0 Å². The molecule has 0 saturated heterocycles. The lowest BCUT2D eigenvalue weighted by Crippen LogP contribution is -1.94. The van der Waals surface area contributed by atoms with Crippen molar-refractivity contribution in [1.29, 1.82) is 0 Å². The number of non-ortho nitro benzene ring substituents is 1. The third-order valence-electron chi connectivity index (χ3n) is 4.36. The Kier molecular flexibility index (Phi) is 5.72. The van der Waals surface area contributed by atoms with Crippen molar-refractivity contribution in [2.45, 2.75) is 23.9 Å². The molecule has 0 bridgehead atoms. The predicted molar refractivity (Wildman–Crippen MR) is 115 cm³/mol. The molecule has 11 heteroatoms. The fourth-order valence-corrected chi connectivity index (χ4v) is 4.20. The van der Waals surface area contributed by atoms with Crippen molar-refractivity contribution in [2.24, 2.45) is 0 Å². The molecule has 0 aliphatic carbocycles. The van der Waals surface area contributed by atoms with Crippen molar-refractivity contribution in [3.8, 4) is 11.5 Å². The molecule has 0 amide bonds. The number of nitro benzene ring substituents is 1. The van der Waals surface area contributed by atoms with Gasteiger partial charge < -0.3 is 9.73 Å². The molecule has 4 rings (SSSR count). The van der Waals surface area contributed by atoms with Gasteiger partial charge in [0.2, 0.25) is 16.9 Å². The van der Waals surface area contributed by atoms with Gasteiger partial charge in [-0.25, -0.2) is 0 Å². The largest absolute Gasteiger partial charge is 0.420 e. The first-order valence-electron chi connectivity index (χ1n) is 8.86. The van der Waals surface area contributed by atoms with Crippen LogP contribution in [0.2, 0.25) is 0 Å². The fourth-order valence-electron chi connectivity index (χ4n) is 2.60. The molecule has 0 radical (unpaired) electrons. The number of rotatable bonds is 7. The van der Waals surface area contributed by atoms with Crippen molar-refractivity contribution in [2.75, 3.05) is 5.32 Å². The Bertz CT molecular complexity index is 1190. The van der Waals surface area contributed by atoms with Gasteiger partial charge in [-0.2, -0.15) is 0 Å². The summed E-state index contributed by atoms with van der Waals surface area (Å²) in [4.78, 5) is 10.3. The lowest BCUT2D eigenvalue weighted by atomic mass is 10.1. The van der Waals surface area contributed by atoms with Crippen LogP contribution >= 0.6 is 23.1 Å². The van der Waals surface area contributed by atoms with Gasteiger partial charge in [-0.15, -0.1) is 20.4 Å². The van der Waals surface area contributed by atoms with Crippen LogP contribution in [-0.4, -0.2) is 25.3 Å². The zero-order chi connectivity index (χ0) is 21.1. The summed E-state index contributed by atoms with van der Waals surface area (Å²) in [5.41, 5.74) is 4.02. The molecule has 0 aliphatic rings. The molecule has 0 aliphatic heterocycles. The second kappa shape index (κ2) is 8.59. The molecule has 4 aromatic rings. The van der Waals surface area contributed by atoms with E-state index in [9.17, 15) is 10.1 Å². The molecule has 30 heavy (non-hydrogen) atoms. The molecule has 9 nitrogen and oxygen atoms in total. The molecule has 0 spiro atoms. The van der Waals surface area contributed by atoms with Gasteiger partial charge in [0.1, 0.15) is 0 Å². The van der Waals surface area contributed by atoms with E-state index in [1.165, 1.54) is 46.4 Å². The molecular weight excluding hydrogens is 424 g/mol. The zero-order valence-corrected chi connectivity index (χ0v) is 17.7. The molecule has 2 heterocycles. The third kappa shape index (κ3) is 4.47. The lowest BCUT2D eigenvalue weighted by molar-refractivity contribution is -0.384. The number of hydrogen-bond acceptors (Lipinski definition) is 10. The van der Waals surface area contributed by atoms with Crippen molar-refractivity contribution >= 4 is 39.6 Å². The molecule has 0 unspecified atom stereocenters. The van der Waals surface area contributed by atoms with E-state index < -0.39 is 4.92 Å². The van der Waals surface area contributed by atoms with Gasteiger partial charge >= 0.3 is 0 Å². The van der Waals surface area contributed by atoms with Crippen LogP contribution in [0.5, 0.6) is 0 Å². The average molecular weight is 441 g/mol. The maximum Gasteiger partial charge on any atom is 0.269 e. The number of anilines is 2. The SMILES string of the molecule is Cc1cccc(Nc2nnc(SCc3nnc(-c4ccc([N+](=O)[O-])cc4)o3)s2)c1C. The van der Waals surface area contributed by atoms with Gasteiger partial charge in [0.25, 0.3) is 5.69 Å². The molecular formula is C19H16N6O3S2. The predicted octanol–water partition coefficient (Wildman–Crippen LogP) is 5.15. The molecule has 0 atom stereocenters. The summed E-state index contributed by atoms with van der Waals surface area (Å²) in [5, 5.41) is 31.2. The van der Waals surface area contributed by atoms with Crippen molar-refractivity contribution < 1.29 is 9.34 Å². The van der Waals surface area contributed by atoms with Gasteiger partial charge in [0.15, 0.2) is 4.34 Å². The van der Waals surface area contributed by atoms with Crippen LogP contribution in [0.3, 0.4) is 0 Å². The normalized spacial score (nSPS) is 10.9. The summed E-state index contributed by atoms with van der Waals surface area (Å²) < 4.78 is 6.43. The number of thioether (sulfide) groups is 1. The first-order chi connectivity index (χ1) is 14.5. The fraction of sp³-hybridized carbons (Fsp3) is 0.158. The van der Waals surface area contributed by atoms with Crippen LogP contribution in [0.25, 0.3) is 11.5 Å². The molecule has 152 valence electrons. The highest BCUT2D eigenvalue weighted by atomic mass is 32.2. The van der Waals surface area contributed by atoms with E-state index in [4.69, 9.17) is 4.42 Å². The molecule has 2 aromatic carbocycles. The van der Waals surface area contributed by atoms with Gasteiger partial charge in [-0.3, -0.25) is 10.1 Å². The Balaban J connectivity index is 1.38. The van der Waals surface area contributed by atoms with Crippen LogP contribution in [0.15, 0.2) is 51.2 Å². The number of benzene rings is 2. The second-order valence-corrected chi connectivity index (χ2v) is 8.54. The summed E-state index contributed by atoms with van der Waals surface area (Å²) in [6.45, 7) is 4.13. The number of nitrogens with one attached hydrogen (secondary N) is 1. The van der Waals surface area contributed by atoms with Gasteiger partial charge in [0, 0.05) is 23.4 Å². The molecule has 1 N–H and O–H groups in total. The Morgan fingerprint density at radius 3 is 2.67 bits per heavy atom. The van der Waals surface area contributed by atoms with Gasteiger partial charge in [0.05, 0.1) is 10.7 Å². The zero-order valence-electron chi connectivity index (χ0n) is 16.0. The van der Waals surface area contributed by atoms with E-state index in [1.807, 2.05) is 12.1 Å². The van der Waals surface area contributed by atoms with Crippen LogP contribution in [0, 0.1) is 24.0 Å². The van der Waals surface area contributed by atoms with E-state index >= 15 is 0 Å². The minimum atomic E-state index is -0.453. The number of nitrogens with zero attached hydrogens (tertiary/aromatic N) is 5. The standard InChI is InChI=1S/C19H16N6O3S2/c1-11-4-3-5-15(12(11)2)20-18-23-24-19(30-18)29-10-16-21-22-17(28-16)13-6-8-14(9-7-13)25(26)27/h3-9H,10H2,1-2H3,(H,20,23). The van der Waals surface area contributed by atoms with Crippen LogP contribution < -0.4 is 5.32 Å². The topological polar surface area (TPSA) is 120 Å². The van der Waals surface area contributed by atoms with Crippen molar-refractivity contribution in [3.05, 3.63) is 69.6 Å². The van der Waals surface area contributed by atoms with E-state index in [0.29, 0.717) is 28.2 Å². The van der Waals surface area contributed by atoms with E-state index in [0.717, 1.165) is 10.0 Å². The Hall–Kier alpha value is -3.31. The van der Waals surface area contributed by atoms with Crippen LogP contribution in [0.4, 0.5) is 16.5 Å². The average Bonchev–Trinajstić information content (AvgIpc) is 3.39. The minimum absolute atomic E-state index is 0.00980. The van der Waals surface area contributed by atoms with Crippen molar-refractivity contribution in [1.82, 2.24) is 20.4 Å². The molecule has 0 fully saturated rings. The van der Waals surface area contributed by atoms with E-state index in [1.54, 1.807) is 12.1 Å². The Labute approximate surface area is 179 Å². The van der Waals surface area contributed by atoms with E-state index in [-0.39, 0.29) is 5.69 Å².